The van der Waals surface area contributed by atoms with E-state index in [1.165, 1.54) is 23.1 Å². The number of H-pyrrole nitrogens is 1. The molecule has 0 aliphatic rings. The maximum Gasteiger partial charge on any atom is 0.316 e. The Labute approximate surface area is 159 Å². The number of nitrogens with one attached hydrogen (secondary N) is 1. The van der Waals surface area contributed by atoms with Crippen molar-refractivity contribution < 1.29 is 9.53 Å². The predicted molar refractivity (Wildman–Crippen MR) is 106 cm³/mol. The number of carbonyl (C=O) groups excluding carboxylic acids is 1. The van der Waals surface area contributed by atoms with Gasteiger partial charge in [-0.3, -0.25) is 9.59 Å². The zero-order valence-corrected chi connectivity index (χ0v) is 16.7. The summed E-state index contributed by atoms with van der Waals surface area (Å²) in [6, 6.07) is 7.89. The van der Waals surface area contributed by atoms with E-state index in [2.05, 4.69) is 9.97 Å². The normalized spacial score (nSPS) is 12.3. The number of thiophene rings is 1. The Morgan fingerprint density at radius 3 is 2.77 bits per heavy atom. The highest BCUT2D eigenvalue weighted by Gasteiger charge is 2.18. The van der Waals surface area contributed by atoms with E-state index >= 15 is 0 Å². The molecule has 0 bridgehead atoms. The molecule has 5 nitrogen and oxygen atoms in total. The Morgan fingerprint density at radius 2 is 2.04 bits per heavy atom. The first-order chi connectivity index (χ1) is 12.4. The number of aryl methyl sites for hydroxylation is 3. The molecule has 0 radical (unpaired) electrons. The van der Waals surface area contributed by atoms with Crippen molar-refractivity contribution in [3.8, 4) is 0 Å². The highest BCUT2D eigenvalue weighted by atomic mass is 32.2. The summed E-state index contributed by atoms with van der Waals surface area (Å²) in [5, 5.41) is 0.616. The van der Waals surface area contributed by atoms with Gasteiger partial charge in [0.15, 0.2) is 11.9 Å². The minimum absolute atomic E-state index is 0.191. The minimum atomic E-state index is -0.611. The number of thioether (sulfide) groups is 1. The molecular formula is C19H20N2O3S2. The van der Waals surface area contributed by atoms with Crippen LogP contribution < -0.4 is 5.56 Å². The van der Waals surface area contributed by atoms with Gasteiger partial charge in [-0.05, 0) is 44.9 Å². The van der Waals surface area contributed by atoms with E-state index in [1.54, 1.807) is 6.92 Å². The van der Waals surface area contributed by atoms with Crippen molar-refractivity contribution in [3.63, 3.8) is 0 Å². The monoisotopic (exact) mass is 388 g/mol. The summed E-state index contributed by atoms with van der Waals surface area (Å²) in [5.41, 5.74) is 1.88. The quantitative estimate of drug-likeness (QED) is 0.521. The summed E-state index contributed by atoms with van der Waals surface area (Å²) in [5.74, 6) is 0.240. The molecule has 2 heterocycles. The number of esters is 1. The van der Waals surface area contributed by atoms with Gasteiger partial charge in [0, 0.05) is 9.77 Å². The second kappa shape index (κ2) is 7.63. The maximum atomic E-state index is 12.3. The molecule has 7 heteroatoms. The second-order valence-corrected chi connectivity index (χ2v) is 8.32. The first-order valence-electron chi connectivity index (χ1n) is 8.24. The number of hydrogen-bond donors (Lipinski definition) is 1. The van der Waals surface area contributed by atoms with Crippen LogP contribution in [-0.2, 0) is 9.53 Å². The molecule has 1 atom stereocenters. The molecule has 3 aromatic rings. The average Bonchev–Trinajstić information content (AvgIpc) is 2.88. The predicted octanol–water partition coefficient (Wildman–Crippen LogP) is 4.31. The van der Waals surface area contributed by atoms with Gasteiger partial charge in [0.05, 0.1) is 11.1 Å². The third-order valence-corrected chi connectivity index (χ3v) is 6.44. The summed E-state index contributed by atoms with van der Waals surface area (Å²) in [4.78, 5) is 34.5. The van der Waals surface area contributed by atoms with Crippen LogP contribution in [0.25, 0.3) is 10.2 Å². The molecule has 0 aliphatic heterocycles. The molecule has 0 aliphatic carbocycles. The number of aromatic nitrogens is 2. The van der Waals surface area contributed by atoms with E-state index in [-0.39, 0.29) is 17.3 Å². The summed E-state index contributed by atoms with van der Waals surface area (Å²) < 4.78 is 5.45. The van der Waals surface area contributed by atoms with Crippen LogP contribution in [0.2, 0.25) is 0 Å². The number of hydrogen-bond acceptors (Lipinski definition) is 6. The first kappa shape index (κ1) is 18.7. The smallest absolute Gasteiger partial charge is 0.316 e. The van der Waals surface area contributed by atoms with Crippen LogP contribution in [0.1, 0.15) is 34.9 Å². The third kappa shape index (κ3) is 3.83. The first-order valence-corrected chi connectivity index (χ1v) is 10.0. The molecule has 0 unspecified atom stereocenters. The van der Waals surface area contributed by atoms with Gasteiger partial charge >= 0.3 is 5.97 Å². The number of rotatable bonds is 5. The lowest BCUT2D eigenvalue weighted by molar-refractivity contribution is -0.145. The van der Waals surface area contributed by atoms with Crippen molar-refractivity contribution >= 4 is 39.3 Å². The third-order valence-electron chi connectivity index (χ3n) is 4.19. The zero-order chi connectivity index (χ0) is 18.8. The van der Waals surface area contributed by atoms with Crippen molar-refractivity contribution in [2.75, 3.05) is 5.75 Å². The number of aromatic amines is 1. The Balaban J connectivity index is 1.70. The fourth-order valence-electron chi connectivity index (χ4n) is 2.61. The van der Waals surface area contributed by atoms with Crippen LogP contribution in [0.3, 0.4) is 0 Å². The summed E-state index contributed by atoms with van der Waals surface area (Å²) in [7, 11) is 0. The standard InChI is InChI=1S/C19H20N2O3S2/c1-10-7-5-6-8-14(10)25-9-15(22)24-12(3)17-20-18(23)16-11(2)13(4)26-19(16)21-17/h5-8,12H,9H2,1-4H3,(H,20,21,23)/t12-/m0/s1. The number of fused-ring (bicyclic) bond motifs is 1. The summed E-state index contributed by atoms with van der Waals surface area (Å²) in [6.45, 7) is 7.60. The average molecular weight is 389 g/mol. The highest BCUT2D eigenvalue weighted by molar-refractivity contribution is 8.00. The number of ether oxygens (including phenoxy) is 1. The molecular weight excluding hydrogens is 368 g/mol. The Kier molecular flexibility index (Phi) is 5.48. The van der Waals surface area contributed by atoms with Gasteiger partial charge in [-0.1, -0.05) is 18.2 Å². The largest absolute Gasteiger partial charge is 0.454 e. The van der Waals surface area contributed by atoms with Crippen LogP contribution in [0, 0.1) is 20.8 Å². The molecule has 0 amide bonds. The molecule has 136 valence electrons. The molecule has 0 spiro atoms. The molecule has 0 saturated carbocycles. The van der Waals surface area contributed by atoms with Crippen molar-refractivity contribution in [2.45, 2.75) is 38.7 Å². The lowest BCUT2D eigenvalue weighted by Gasteiger charge is -2.12. The van der Waals surface area contributed by atoms with Gasteiger partial charge in [-0.25, -0.2) is 4.98 Å². The van der Waals surface area contributed by atoms with E-state index in [0.717, 1.165) is 20.9 Å². The SMILES string of the molecule is Cc1ccccc1SCC(=O)O[C@@H](C)c1nc2sc(C)c(C)c2c(=O)[nH]1. The lowest BCUT2D eigenvalue weighted by Crippen LogP contribution is -2.18. The van der Waals surface area contributed by atoms with Gasteiger partial charge in [0.2, 0.25) is 0 Å². The molecule has 26 heavy (non-hydrogen) atoms. The van der Waals surface area contributed by atoms with Crippen molar-refractivity contribution in [2.24, 2.45) is 0 Å². The second-order valence-electron chi connectivity index (χ2n) is 6.10. The molecule has 1 N–H and O–H groups in total. The fraction of sp³-hybridized carbons (Fsp3) is 0.316. The van der Waals surface area contributed by atoms with E-state index in [0.29, 0.717) is 16.0 Å². The van der Waals surface area contributed by atoms with Crippen LogP contribution in [-0.4, -0.2) is 21.7 Å². The van der Waals surface area contributed by atoms with Gasteiger partial charge in [-0.15, -0.1) is 23.1 Å². The molecule has 0 fully saturated rings. The van der Waals surface area contributed by atoms with Crippen LogP contribution in [0.5, 0.6) is 0 Å². The summed E-state index contributed by atoms with van der Waals surface area (Å²) in [6.07, 6.45) is -0.611. The molecule has 2 aromatic heterocycles. The highest BCUT2D eigenvalue weighted by Crippen LogP contribution is 2.27. The van der Waals surface area contributed by atoms with Crippen LogP contribution >= 0.6 is 23.1 Å². The van der Waals surface area contributed by atoms with Crippen molar-refractivity contribution in [1.82, 2.24) is 9.97 Å². The van der Waals surface area contributed by atoms with E-state index in [1.807, 2.05) is 45.0 Å². The van der Waals surface area contributed by atoms with Gasteiger partial charge in [0.25, 0.3) is 5.56 Å². The summed E-state index contributed by atoms with van der Waals surface area (Å²) >= 11 is 2.92. The van der Waals surface area contributed by atoms with Gasteiger partial charge in [0.1, 0.15) is 4.83 Å². The lowest BCUT2D eigenvalue weighted by atomic mass is 10.2. The van der Waals surface area contributed by atoms with Crippen molar-refractivity contribution in [3.05, 3.63) is 56.4 Å². The fourth-order valence-corrected chi connectivity index (χ4v) is 4.45. The van der Waals surface area contributed by atoms with E-state index < -0.39 is 6.10 Å². The van der Waals surface area contributed by atoms with Crippen LogP contribution in [0.15, 0.2) is 34.0 Å². The van der Waals surface area contributed by atoms with E-state index in [4.69, 9.17) is 4.74 Å². The number of nitrogens with zero attached hydrogens (tertiary/aromatic N) is 1. The Hall–Kier alpha value is -2.12. The topological polar surface area (TPSA) is 72.0 Å². The molecule has 1 aromatic carbocycles. The van der Waals surface area contributed by atoms with Gasteiger partial charge in [-0.2, -0.15) is 0 Å². The number of benzene rings is 1. The minimum Gasteiger partial charge on any atom is -0.454 e. The van der Waals surface area contributed by atoms with Crippen molar-refractivity contribution in [1.29, 1.82) is 0 Å². The number of carbonyl (C=O) groups is 1. The Morgan fingerprint density at radius 1 is 1.31 bits per heavy atom. The molecule has 0 saturated heterocycles. The van der Waals surface area contributed by atoms with E-state index in [9.17, 15) is 9.59 Å². The molecule has 3 rings (SSSR count). The zero-order valence-electron chi connectivity index (χ0n) is 15.1. The maximum absolute atomic E-state index is 12.3. The van der Waals surface area contributed by atoms with Gasteiger partial charge < -0.3 is 9.72 Å². The Bertz CT molecular complexity index is 1020. The van der Waals surface area contributed by atoms with Crippen LogP contribution in [0.4, 0.5) is 0 Å².